The number of amides is 2. The Bertz CT molecular complexity index is 733. The van der Waals surface area contributed by atoms with Crippen LogP contribution in [0.15, 0.2) is 42.0 Å². The molecule has 28 heavy (non-hydrogen) atoms. The summed E-state index contributed by atoms with van der Waals surface area (Å²) in [6.07, 6.45) is 3.62. The van der Waals surface area contributed by atoms with E-state index >= 15 is 0 Å². The average Bonchev–Trinajstić information content (AvgIpc) is 2.95. The Kier molecular flexibility index (Phi) is 7.38. The predicted octanol–water partition coefficient (Wildman–Crippen LogP) is 4.03. The van der Waals surface area contributed by atoms with Gasteiger partial charge in [-0.15, -0.1) is 0 Å². The van der Waals surface area contributed by atoms with Crippen molar-refractivity contribution in [1.29, 1.82) is 0 Å². The summed E-state index contributed by atoms with van der Waals surface area (Å²) in [7, 11) is 0. The van der Waals surface area contributed by atoms with Crippen molar-refractivity contribution >= 4 is 18.0 Å². The van der Waals surface area contributed by atoms with E-state index in [1.54, 1.807) is 27.7 Å². The van der Waals surface area contributed by atoms with Crippen LogP contribution in [0.4, 0.5) is 4.79 Å². The molecule has 2 amide bonds. The van der Waals surface area contributed by atoms with Gasteiger partial charge in [0, 0.05) is 12.0 Å². The molecule has 1 fully saturated rings. The van der Waals surface area contributed by atoms with E-state index in [0.29, 0.717) is 12.0 Å². The second-order valence-electron chi connectivity index (χ2n) is 7.73. The third kappa shape index (κ3) is 5.94. The van der Waals surface area contributed by atoms with Crippen LogP contribution in [-0.2, 0) is 25.5 Å². The third-order valence-electron chi connectivity index (χ3n) is 4.27. The molecule has 0 saturated carbocycles. The van der Waals surface area contributed by atoms with Gasteiger partial charge in [0.2, 0.25) is 0 Å². The minimum absolute atomic E-state index is 0.155. The number of carbonyl (C=O) groups excluding carboxylic acids is 3. The summed E-state index contributed by atoms with van der Waals surface area (Å²) in [5.74, 6) is -1.07. The van der Waals surface area contributed by atoms with Gasteiger partial charge in [-0.25, -0.2) is 14.5 Å². The summed E-state index contributed by atoms with van der Waals surface area (Å²) >= 11 is 0. The molecule has 0 unspecified atom stereocenters. The minimum atomic E-state index is -0.970. The number of allylic oxidation sites excluding steroid dienone is 1. The number of carbonyl (C=O) groups is 3. The maximum Gasteiger partial charge on any atom is 0.418 e. The first-order valence-electron chi connectivity index (χ1n) is 9.69. The standard InChI is InChI=1S/C22H29NO5/c1-5-27-20(25)18-15-17(14-10-9-13-16-11-7-6-8-12-16)19(24)23(18)21(26)28-22(2,3)4/h6-8,11-12,14,18H,5,9-10,13,15H2,1-4H3/b17-14+/t18-/m0/s1. The highest BCUT2D eigenvalue weighted by atomic mass is 16.6. The van der Waals surface area contributed by atoms with Crippen LogP contribution in [0.1, 0.15) is 52.5 Å². The van der Waals surface area contributed by atoms with Crippen molar-refractivity contribution in [3.05, 3.63) is 47.5 Å². The van der Waals surface area contributed by atoms with Crippen molar-refractivity contribution in [2.24, 2.45) is 0 Å². The van der Waals surface area contributed by atoms with Gasteiger partial charge in [-0.2, -0.15) is 0 Å². The van der Waals surface area contributed by atoms with E-state index in [4.69, 9.17) is 9.47 Å². The fraction of sp³-hybridized carbons (Fsp3) is 0.500. The summed E-state index contributed by atoms with van der Waals surface area (Å²) in [6, 6.07) is 9.13. The molecule has 1 saturated heterocycles. The van der Waals surface area contributed by atoms with Crippen molar-refractivity contribution < 1.29 is 23.9 Å². The van der Waals surface area contributed by atoms with Gasteiger partial charge in [0.05, 0.1) is 6.61 Å². The second kappa shape index (κ2) is 9.53. The molecule has 0 aliphatic carbocycles. The van der Waals surface area contributed by atoms with E-state index in [-0.39, 0.29) is 13.0 Å². The van der Waals surface area contributed by atoms with Crippen LogP contribution >= 0.6 is 0 Å². The molecule has 0 aromatic heterocycles. The van der Waals surface area contributed by atoms with Crippen LogP contribution in [0.2, 0.25) is 0 Å². The number of hydrogen-bond donors (Lipinski definition) is 0. The molecule has 6 nitrogen and oxygen atoms in total. The highest BCUT2D eigenvalue weighted by molar-refractivity contribution is 6.08. The predicted molar refractivity (Wildman–Crippen MR) is 106 cm³/mol. The number of imide groups is 1. The topological polar surface area (TPSA) is 72.9 Å². The molecule has 1 aliphatic rings. The summed E-state index contributed by atoms with van der Waals surface area (Å²) in [6.45, 7) is 7.01. The van der Waals surface area contributed by atoms with Gasteiger partial charge in [-0.3, -0.25) is 4.79 Å². The number of benzene rings is 1. The van der Waals surface area contributed by atoms with Gasteiger partial charge >= 0.3 is 12.1 Å². The molecule has 1 aromatic rings. The highest BCUT2D eigenvalue weighted by Crippen LogP contribution is 2.28. The van der Waals surface area contributed by atoms with Crippen LogP contribution in [0.25, 0.3) is 0 Å². The molecule has 0 N–H and O–H groups in total. The Labute approximate surface area is 166 Å². The number of esters is 1. The van der Waals surface area contributed by atoms with E-state index in [1.165, 1.54) is 5.56 Å². The lowest BCUT2D eigenvalue weighted by Crippen LogP contribution is -2.46. The summed E-state index contributed by atoms with van der Waals surface area (Å²) in [5.41, 5.74) is 0.925. The van der Waals surface area contributed by atoms with Gasteiger partial charge in [0.15, 0.2) is 0 Å². The van der Waals surface area contributed by atoms with Crippen LogP contribution < -0.4 is 0 Å². The Morgan fingerprint density at radius 3 is 2.50 bits per heavy atom. The zero-order valence-corrected chi connectivity index (χ0v) is 17.1. The molecule has 2 rings (SSSR count). The van der Waals surface area contributed by atoms with Crippen molar-refractivity contribution in [2.75, 3.05) is 6.61 Å². The smallest absolute Gasteiger partial charge is 0.418 e. The van der Waals surface area contributed by atoms with Crippen molar-refractivity contribution in [1.82, 2.24) is 4.90 Å². The van der Waals surface area contributed by atoms with E-state index in [2.05, 4.69) is 12.1 Å². The number of rotatable bonds is 6. The average molecular weight is 387 g/mol. The molecule has 6 heteroatoms. The molecule has 0 spiro atoms. The Morgan fingerprint density at radius 2 is 1.89 bits per heavy atom. The first-order chi connectivity index (χ1) is 13.2. The maximum absolute atomic E-state index is 12.8. The highest BCUT2D eigenvalue weighted by Gasteiger charge is 2.45. The molecule has 1 aromatic carbocycles. The van der Waals surface area contributed by atoms with Gasteiger partial charge in [-0.1, -0.05) is 36.4 Å². The lowest BCUT2D eigenvalue weighted by atomic mass is 10.1. The van der Waals surface area contributed by atoms with Crippen LogP contribution in [0.3, 0.4) is 0 Å². The van der Waals surface area contributed by atoms with Gasteiger partial charge in [0.1, 0.15) is 11.6 Å². The fourth-order valence-corrected chi connectivity index (χ4v) is 3.03. The monoisotopic (exact) mass is 387 g/mol. The molecular weight excluding hydrogens is 358 g/mol. The summed E-state index contributed by atoms with van der Waals surface area (Å²) < 4.78 is 10.4. The quantitative estimate of drug-likeness (QED) is 0.418. The fourth-order valence-electron chi connectivity index (χ4n) is 3.03. The summed E-state index contributed by atoms with van der Waals surface area (Å²) in [4.78, 5) is 38.4. The summed E-state index contributed by atoms with van der Waals surface area (Å²) in [5, 5.41) is 0. The van der Waals surface area contributed by atoms with E-state index in [9.17, 15) is 14.4 Å². The molecule has 0 bridgehead atoms. The number of likely N-dealkylation sites (tertiary alicyclic amines) is 1. The Morgan fingerprint density at radius 1 is 1.21 bits per heavy atom. The molecule has 1 heterocycles. The van der Waals surface area contributed by atoms with Crippen LogP contribution in [0, 0.1) is 0 Å². The van der Waals surface area contributed by atoms with E-state index in [1.807, 2.05) is 24.3 Å². The zero-order chi connectivity index (χ0) is 20.7. The lowest BCUT2D eigenvalue weighted by Gasteiger charge is -2.26. The second-order valence-corrected chi connectivity index (χ2v) is 7.73. The largest absolute Gasteiger partial charge is 0.464 e. The Balaban J connectivity index is 2.07. The first-order valence-corrected chi connectivity index (χ1v) is 9.69. The zero-order valence-electron chi connectivity index (χ0n) is 17.1. The SMILES string of the molecule is CCOC(=O)[C@@H]1C/C(=C\CCCc2ccccc2)C(=O)N1C(=O)OC(C)(C)C. The van der Waals surface area contributed by atoms with Crippen molar-refractivity contribution in [3.63, 3.8) is 0 Å². The minimum Gasteiger partial charge on any atom is -0.464 e. The molecule has 152 valence electrons. The Hall–Kier alpha value is -2.63. The number of unbranched alkanes of at least 4 members (excludes halogenated alkanes) is 1. The molecular formula is C22H29NO5. The van der Waals surface area contributed by atoms with Gasteiger partial charge < -0.3 is 9.47 Å². The van der Waals surface area contributed by atoms with Crippen LogP contribution in [0.5, 0.6) is 0 Å². The normalized spacial score (nSPS) is 18.4. The third-order valence-corrected chi connectivity index (χ3v) is 4.27. The molecule has 1 atom stereocenters. The van der Waals surface area contributed by atoms with Crippen molar-refractivity contribution in [3.8, 4) is 0 Å². The van der Waals surface area contributed by atoms with Gasteiger partial charge in [-0.05, 0) is 52.5 Å². The molecule has 0 radical (unpaired) electrons. The van der Waals surface area contributed by atoms with Crippen molar-refractivity contribution in [2.45, 2.75) is 65.0 Å². The first kappa shape index (κ1) is 21.7. The maximum atomic E-state index is 12.8. The number of aryl methyl sites for hydroxylation is 1. The van der Waals surface area contributed by atoms with Crippen LogP contribution in [-0.4, -0.2) is 41.1 Å². The van der Waals surface area contributed by atoms with E-state index in [0.717, 1.165) is 17.7 Å². The number of ether oxygens (including phenoxy) is 2. The number of hydrogen-bond acceptors (Lipinski definition) is 5. The molecule has 1 aliphatic heterocycles. The van der Waals surface area contributed by atoms with E-state index < -0.39 is 29.6 Å². The number of nitrogens with zero attached hydrogens (tertiary/aromatic N) is 1. The van der Waals surface area contributed by atoms with Gasteiger partial charge in [0.25, 0.3) is 5.91 Å². The lowest BCUT2D eigenvalue weighted by molar-refractivity contribution is -0.150.